The zero-order valence-electron chi connectivity index (χ0n) is 10.3. The van der Waals surface area contributed by atoms with Crippen molar-refractivity contribution in [3.8, 4) is 10.7 Å². The van der Waals surface area contributed by atoms with Crippen molar-refractivity contribution in [3.05, 3.63) is 29.7 Å². The number of ether oxygens (including phenoxy) is 1. The van der Waals surface area contributed by atoms with E-state index in [4.69, 9.17) is 10.5 Å². The summed E-state index contributed by atoms with van der Waals surface area (Å²) in [5.41, 5.74) is 7.34. The van der Waals surface area contributed by atoms with Crippen LogP contribution in [0.15, 0.2) is 18.3 Å². The summed E-state index contributed by atoms with van der Waals surface area (Å²) in [6.07, 6.45) is 1.76. The molecule has 98 valence electrons. The Balaban J connectivity index is 1.99. The molecule has 0 aliphatic carbocycles. The Kier molecular flexibility index (Phi) is 3.20. The summed E-state index contributed by atoms with van der Waals surface area (Å²) < 4.78 is 6.73. The van der Waals surface area contributed by atoms with Gasteiger partial charge >= 0.3 is 0 Å². The lowest BCUT2D eigenvalue weighted by Crippen LogP contribution is -1.98. The maximum atomic E-state index is 5.55. The third-order valence-corrected chi connectivity index (χ3v) is 3.53. The number of aromatic nitrogens is 5. The zero-order valence-corrected chi connectivity index (χ0v) is 11.1. The van der Waals surface area contributed by atoms with Gasteiger partial charge in [0.25, 0.3) is 0 Å². The molecule has 0 saturated heterocycles. The Labute approximate surface area is 113 Å². The molecule has 0 atom stereocenters. The van der Waals surface area contributed by atoms with E-state index in [2.05, 4.69) is 20.3 Å². The van der Waals surface area contributed by atoms with E-state index in [-0.39, 0.29) is 0 Å². The number of methoxy groups -OCH3 is 1. The van der Waals surface area contributed by atoms with Gasteiger partial charge in [-0.3, -0.25) is 4.98 Å². The standard InChI is InChI=1S/C11H12N6OS/c1-18-6-9-14-15-11-17(9)16-10(19-11)8-3-2-7(4-12)5-13-8/h2-3,5H,4,6,12H2,1H3. The van der Waals surface area contributed by atoms with Crippen LogP contribution in [-0.2, 0) is 17.9 Å². The summed E-state index contributed by atoms with van der Waals surface area (Å²) in [6, 6.07) is 3.85. The van der Waals surface area contributed by atoms with Crippen LogP contribution in [0.3, 0.4) is 0 Å². The molecule has 0 amide bonds. The van der Waals surface area contributed by atoms with Crippen LogP contribution < -0.4 is 5.73 Å². The van der Waals surface area contributed by atoms with Crippen molar-refractivity contribution >= 4 is 16.3 Å². The minimum absolute atomic E-state index is 0.379. The Bertz CT molecular complexity index is 689. The summed E-state index contributed by atoms with van der Waals surface area (Å²) in [7, 11) is 1.61. The average Bonchev–Trinajstić information content (AvgIpc) is 3.01. The number of nitrogens with zero attached hydrogens (tertiary/aromatic N) is 5. The van der Waals surface area contributed by atoms with E-state index in [9.17, 15) is 0 Å². The largest absolute Gasteiger partial charge is 0.377 e. The van der Waals surface area contributed by atoms with Gasteiger partial charge < -0.3 is 10.5 Å². The summed E-state index contributed by atoms with van der Waals surface area (Å²) in [5, 5.41) is 13.3. The van der Waals surface area contributed by atoms with Crippen LogP contribution in [0.1, 0.15) is 11.4 Å². The molecule has 0 aliphatic rings. The lowest BCUT2D eigenvalue weighted by Gasteiger charge is -1.97. The molecule has 0 bridgehead atoms. The predicted octanol–water partition coefficient (Wildman–Crippen LogP) is 0.853. The summed E-state index contributed by atoms with van der Waals surface area (Å²) >= 11 is 1.44. The predicted molar refractivity (Wildman–Crippen MR) is 70.5 cm³/mol. The van der Waals surface area contributed by atoms with Crippen molar-refractivity contribution in [3.63, 3.8) is 0 Å². The molecule has 3 aromatic heterocycles. The second-order valence-corrected chi connectivity index (χ2v) is 4.86. The van der Waals surface area contributed by atoms with Crippen LogP contribution in [-0.4, -0.2) is 31.9 Å². The fourth-order valence-corrected chi connectivity index (χ4v) is 2.49. The molecule has 8 heteroatoms. The number of rotatable bonds is 4. The normalized spacial score (nSPS) is 11.3. The van der Waals surface area contributed by atoms with Crippen molar-refractivity contribution in [2.24, 2.45) is 5.73 Å². The van der Waals surface area contributed by atoms with Crippen LogP contribution in [0.5, 0.6) is 0 Å². The van der Waals surface area contributed by atoms with Crippen LogP contribution >= 0.6 is 11.3 Å². The molecule has 3 rings (SSSR count). The SMILES string of the molecule is COCc1nnc2sc(-c3ccc(CN)cn3)nn12. The summed E-state index contributed by atoms with van der Waals surface area (Å²) in [6.45, 7) is 0.861. The highest BCUT2D eigenvalue weighted by atomic mass is 32.1. The van der Waals surface area contributed by atoms with E-state index in [1.807, 2.05) is 12.1 Å². The van der Waals surface area contributed by atoms with E-state index in [1.54, 1.807) is 17.8 Å². The van der Waals surface area contributed by atoms with E-state index in [0.717, 1.165) is 21.2 Å². The fourth-order valence-electron chi connectivity index (χ4n) is 1.65. The third-order valence-electron chi connectivity index (χ3n) is 2.61. The highest BCUT2D eigenvalue weighted by Crippen LogP contribution is 2.23. The molecule has 0 aliphatic heterocycles. The minimum atomic E-state index is 0.379. The van der Waals surface area contributed by atoms with Gasteiger partial charge in [0.05, 0.1) is 0 Å². The van der Waals surface area contributed by atoms with E-state index < -0.39 is 0 Å². The third kappa shape index (κ3) is 2.21. The van der Waals surface area contributed by atoms with Gasteiger partial charge in [-0.1, -0.05) is 17.4 Å². The maximum Gasteiger partial charge on any atom is 0.235 e. The first-order valence-corrected chi connectivity index (χ1v) is 6.49. The number of hydrogen-bond acceptors (Lipinski definition) is 7. The Morgan fingerprint density at radius 3 is 2.95 bits per heavy atom. The van der Waals surface area contributed by atoms with E-state index >= 15 is 0 Å². The van der Waals surface area contributed by atoms with Gasteiger partial charge in [0.1, 0.15) is 12.3 Å². The van der Waals surface area contributed by atoms with Gasteiger partial charge in [-0.15, -0.1) is 10.2 Å². The maximum absolute atomic E-state index is 5.55. The van der Waals surface area contributed by atoms with Crippen molar-refractivity contribution < 1.29 is 4.74 Å². The van der Waals surface area contributed by atoms with Crippen LogP contribution in [0.25, 0.3) is 15.7 Å². The van der Waals surface area contributed by atoms with Gasteiger partial charge in [-0.25, -0.2) is 0 Å². The quantitative estimate of drug-likeness (QED) is 0.759. The molecule has 0 radical (unpaired) electrons. The first-order chi connectivity index (χ1) is 9.31. The number of nitrogens with two attached hydrogens (primary N) is 1. The molecule has 3 aromatic rings. The number of fused-ring (bicyclic) bond motifs is 1. The highest BCUT2D eigenvalue weighted by Gasteiger charge is 2.13. The molecule has 0 saturated carbocycles. The van der Waals surface area contributed by atoms with Crippen molar-refractivity contribution in [2.45, 2.75) is 13.2 Å². The molecule has 0 spiro atoms. The molecule has 0 unspecified atom stereocenters. The Hall–Kier alpha value is -1.90. The monoisotopic (exact) mass is 276 g/mol. The molecule has 0 fully saturated rings. The topological polar surface area (TPSA) is 91.2 Å². The zero-order chi connectivity index (χ0) is 13.2. The van der Waals surface area contributed by atoms with Crippen LogP contribution in [0.2, 0.25) is 0 Å². The van der Waals surface area contributed by atoms with Gasteiger partial charge in [-0.05, 0) is 11.6 Å². The average molecular weight is 276 g/mol. The summed E-state index contributed by atoms with van der Waals surface area (Å²) in [5.74, 6) is 0.679. The van der Waals surface area contributed by atoms with Gasteiger partial charge in [0.15, 0.2) is 10.8 Å². The minimum Gasteiger partial charge on any atom is -0.377 e. The van der Waals surface area contributed by atoms with Gasteiger partial charge in [0, 0.05) is 19.9 Å². The second kappa shape index (κ2) is 5.00. The summed E-state index contributed by atoms with van der Waals surface area (Å²) in [4.78, 5) is 5.07. The fraction of sp³-hybridized carbons (Fsp3) is 0.273. The molecule has 7 nitrogen and oxygen atoms in total. The lowest BCUT2D eigenvalue weighted by atomic mass is 10.2. The molecule has 0 aromatic carbocycles. The van der Waals surface area contributed by atoms with Crippen molar-refractivity contribution in [1.82, 2.24) is 24.8 Å². The molecule has 2 N–H and O–H groups in total. The molecule has 3 heterocycles. The number of pyridine rings is 1. The van der Waals surface area contributed by atoms with Gasteiger partial charge in [0.2, 0.25) is 4.96 Å². The van der Waals surface area contributed by atoms with E-state index in [0.29, 0.717) is 19.0 Å². The van der Waals surface area contributed by atoms with Crippen molar-refractivity contribution in [2.75, 3.05) is 7.11 Å². The van der Waals surface area contributed by atoms with Crippen LogP contribution in [0.4, 0.5) is 0 Å². The van der Waals surface area contributed by atoms with Crippen LogP contribution in [0, 0.1) is 0 Å². The van der Waals surface area contributed by atoms with Crippen molar-refractivity contribution in [1.29, 1.82) is 0 Å². The highest BCUT2D eigenvalue weighted by molar-refractivity contribution is 7.19. The smallest absolute Gasteiger partial charge is 0.235 e. The van der Waals surface area contributed by atoms with E-state index in [1.165, 1.54) is 11.3 Å². The van der Waals surface area contributed by atoms with Gasteiger partial charge in [-0.2, -0.15) is 9.61 Å². The molecular formula is C11H12N6OS. The molecule has 19 heavy (non-hydrogen) atoms. The lowest BCUT2D eigenvalue weighted by molar-refractivity contribution is 0.176. The first kappa shape index (κ1) is 12.2. The Morgan fingerprint density at radius 2 is 2.26 bits per heavy atom. The first-order valence-electron chi connectivity index (χ1n) is 5.67. The second-order valence-electron chi connectivity index (χ2n) is 3.91. The Morgan fingerprint density at radius 1 is 1.37 bits per heavy atom. The molecular weight excluding hydrogens is 264 g/mol. The number of hydrogen-bond donors (Lipinski definition) is 1.